The lowest BCUT2D eigenvalue weighted by Crippen LogP contribution is -2.17. The fourth-order valence-corrected chi connectivity index (χ4v) is 0.898. The van der Waals surface area contributed by atoms with Crippen LogP contribution < -0.4 is 0 Å². The molecule has 3 nitrogen and oxygen atoms in total. The molecule has 1 atom stereocenters. The third-order valence-electron chi connectivity index (χ3n) is 1.50. The largest absolute Gasteiger partial charge is 0.462 e. The van der Waals surface area contributed by atoms with Crippen LogP contribution in [0.5, 0.6) is 0 Å². The smallest absolute Gasteiger partial charge is 0.294 e. The van der Waals surface area contributed by atoms with Crippen LogP contribution in [0.1, 0.15) is 0 Å². The first-order valence-corrected chi connectivity index (χ1v) is 3.57. The van der Waals surface area contributed by atoms with E-state index in [1.165, 1.54) is 0 Å². The zero-order chi connectivity index (χ0) is 10.7. The maximum atomic E-state index is 12.2. The highest BCUT2D eigenvalue weighted by Crippen LogP contribution is 2.25. The zero-order valence-corrected chi connectivity index (χ0v) is 6.75. The van der Waals surface area contributed by atoms with Crippen molar-refractivity contribution in [2.24, 2.45) is 5.11 Å². The number of allylic oxidation sites excluding steroid dienone is 3. The van der Waals surface area contributed by atoms with E-state index in [1.54, 1.807) is 0 Å². The second-order valence-electron chi connectivity index (χ2n) is 2.45. The van der Waals surface area contributed by atoms with Gasteiger partial charge in [-0.15, -0.1) is 5.11 Å². The molecule has 0 aliphatic carbocycles. The Morgan fingerprint density at radius 1 is 1.29 bits per heavy atom. The number of hydrogen-bond acceptors (Lipinski definition) is 3. The van der Waals surface area contributed by atoms with Gasteiger partial charge in [-0.1, -0.05) is 0 Å². The lowest BCUT2D eigenvalue weighted by molar-refractivity contribution is 0.0510. The van der Waals surface area contributed by atoms with Gasteiger partial charge < -0.3 is 4.74 Å². The summed E-state index contributed by atoms with van der Waals surface area (Å²) >= 11 is 0. The molecule has 0 unspecified atom stereocenters. The summed E-state index contributed by atoms with van der Waals surface area (Å²) in [7, 11) is 0. The molecular formula is C7H6F4N2O. The highest BCUT2D eigenvalue weighted by atomic mass is 19.3. The quantitative estimate of drug-likeness (QED) is 0.564. The maximum absolute atomic E-state index is 12.2. The van der Waals surface area contributed by atoms with E-state index in [4.69, 9.17) is 5.53 Å². The van der Waals surface area contributed by atoms with Gasteiger partial charge in [0.2, 0.25) is 6.23 Å². The second kappa shape index (κ2) is 4.21. The van der Waals surface area contributed by atoms with Crippen molar-refractivity contribution in [3.63, 3.8) is 0 Å². The molecular weight excluding hydrogens is 204 g/mol. The highest BCUT2D eigenvalue weighted by molar-refractivity contribution is 5.28. The summed E-state index contributed by atoms with van der Waals surface area (Å²) in [6.07, 6.45) is -5.85. The standard InChI is InChI=1S/C7H6F4N2O/c8-6(9)3-1-4(7(10)11)14-5(2-3)13-12/h1-2,5-7,12H/t5-/m1/s1. The van der Waals surface area contributed by atoms with Gasteiger partial charge in [0.15, 0.2) is 5.76 Å². The first kappa shape index (κ1) is 10.7. The van der Waals surface area contributed by atoms with Crippen LogP contribution in [-0.2, 0) is 4.74 Å². The molecule has 14 heavy (non-hydrogen) atoms. The van der Waals surface area contributed by atoms with Crippen molar-refractivity contribution in [2.75, 3.05) is 0 Å². The van der Waals surface area contributed by atoms with Crippen molar-refractivity contribution >= 4 is 0 Å². The second-order valence-corrected chi connectivity index (χ2v) is 2.45. The van der Waals surface area contributed by atoms with Crippen LogP contribution in [0.2, 0.25) is 0 Å². The van der Waals surface area contributed by atoms with E-state index in [2.05, 4.69) is 9.85 Å². The Kier molecular flexibility index (Phi) is 3.21. The average Bonchev–Trinajstić information content (AvgIpc) is 2.16. The lowest BCUT2D eigenvalue weighted by Gasteiger charge is -2.18. The van der Waals surface area contributed by atoms with E-state index in [0.29, 0.717) is 6.08 Å². The van der Waals surface area contributed by atoms with Gasteiger partial charge in [-0.05, 0) is 12.2 Å². The van der Waals surface area contributed by atoms with Gasteiger partial charge in [-0.2, -0.15) is 0 Å². The molecule has 7 heteroatoms. The molecule has 1 heterocycles. The molecule has 0 aromatic heterocycles. The van der Waals surface area contributed by atoms with Crippen molar-refractivity contribution in [1.29, 1.82) is 5.53 Å². The molecule has 0 saturated carbocycles. The van der Waals surface area contributed by atoms with Gasteiger partial charge in [0.1, 0.15) is 0 Å². The van der Waals surface area contributed by atoms with Gasteiger partial charge in [-0.3, -0.25) is 0 Å². The molecule has 1 rings (SSSR count). The molecule has 0 amide bonds. The summed E-state index contributed by atoms with van der Waals surface area (Å²) in [5, 5.41) is 2.76. The third kappa shape index (κ3) is 2.30. The first-order valence-electron chi connectivity index (χ1n) is 3.57. The number of rotatable bonds is 3. The fraction of sp³-hybridized carbons (Fsp3) is 0.429. The molecule has 0 saturated heterocycles. The first-order chi connectivity index (χ1) is 6.54. The molecule has 0 bridgehead atoms. The monoisotopic (exact) mass is 210 g/mol. The minimum absolute atomic E-state index is 0.566. The number of alkyl halides is 4. The number of nitrogens with one attached hydrogen (secondary N) is 1. The molecule has 1 N–H and O–H groups in total. The third-order valence-corrected chi connectivity index (χ3v) is 1.50. The van der Waals surface area contributed by atoms with Crippen LogP contribution in [0.3, 0.4) is 0 Å². The summed E-state index contributed by atoms with van der Waals surface area (Å²) in [5.74, 6) is -0.885. The topological polar surface area (TPSA) is 45.4 Å². The van der Waals surface area contributed by atoms with Crippen molar-refractivity contribution in [3.8, 4) is 0 Å². The molecule has 1 aliphatic rings. The van der Waals surface area contributed by atoms with E-state index >= 15 is 0 Å². The van der Waals surface area contributed by atoms with Gasteiger partial charge in [-0.25, -0.2) is 23.1 Å². The predicted molar refractivity (Wildman–Crippen MR) is 38.2 cm³/mol. The Hall–Kier alpha value is -1.40. The van der Waals surface area contributed by atoms with E-state index in [9.17, 15) is 17.6 Å². The van der Waals surface area contributed by atoms with Gasteiger partial charge in [0, 0.05) is 5.57 Å². The van der Waals surface area contributed by atoms with Crippen LogP contribution in [0, 0.1) is 5.53 Å². The Bertz CT molecular complexity index is 287. The summed E-state index contributed by atoms with van der Waals surface area (Å²) in [4.78, 5) is 0. The van der Waals surface area contributed by atoms with Gasteiger partial charge in [0.05, 0.1) is 0 Å². The van der Waals surface area contributed by atoms with Gasteiger partial charge >= 0.3 is 0 Å². The van der Waals surface area contributed by atoms with E-state index in [1.807, 2.05) is 0 Å². The number of ether oxygens (including phenoxy) is 1. The molecule has 0 aromatic rings. The number of hydrogen-bond donors (Lipinski definition) is 1. The molecule has 0 spiro atoms. The van der Waals surface area contributed by atoms with Crippen molar-refractivity contribution in [1.82, 2.24) is 0 Å². The normalized spacial score (nSPS) is 21.7. The molecule has 0 aromatic carbocycles. The van der Waals surface area contributed by atoms with Crippen LogP contribution in [-0.4, -0.2) is 19.1 Å². The van der Waals surface area contributed by atoms with Crippen LogP contribution in [0.25, 0.3) is 0 Å². The fourth-order valence-electron chi connectivity index (χ4n) is 0.898. The molecule has 0 fully saturated rings. The zero-order valence-electron chi connectivity index (χ0n) is 6.75. The molecule has 78 valence electrons. The van der Waals surface area contributed by atoms with Crippen LogP contribution in [0.15, 0.2) is 28.6 Å². The average molecular weight is 210 g/mol. The summed E-state index contributed by atoms with van der Waals surface area (Å²) < 4.78 is 52.9. The summed E-state index contributed by atoms with van der Waals surface area (Å²) in [5.41, 5.74) is 5.89. The minimum Gasteiger partial charge on any atom is -0.462 e. The Morgan fingerprint density at radius 2 is 1.93 bits per heavy atom. The van der Waals surface area contributed by atoms with E-state index in [-0.39, 0.29) is 0 Å². The number of halogens is 4. The van der Waals surface area contributed by atoms with Crippen LogP contribution in [0.4, 0.5) is 17.6 Å². The minimum atomic E-state index is -2.98. The SMILES string of the molecule is N=N[C@H]1C=C(C(F)F)C=C(C(F)F)O1. The Balaban J connectivity index is 2.91. The number of nitrogens with zero attached hydrogens (tertiary/aromatic N) is 1. The van der Waals surface area contributed by atoms with Gasteiger partial charge in [0.25, 0.3) is 12.9 Å². The van der Waals surface area contributed by atoms with E-state index in [0.717, 1.165) is 6.08 Å². The molecule has 1 aliphatic heterocycles. The molecule has 0 radical (unpaired) electrons. The summed E-state index contributed by atoms with van der Waals surface area (Å²) in [6.45, 7) is 0. The van der Waals surface area contributed by atoms with Crippen LogP contribution >= 0.6 is 0 Å². The van der Waals surface area contributed by atoms with Crippen molar-refractivity contribution in [3.05, 3.63) is 23.5 Å². The van der Waals surface area contributed by atoms with E-state index < -0.39 is 30.4 Å². The highest BCUT2D eigenvalue weighted by Gasteiger charge is 2.25. The van der Waals surface area contributed by atoms with Crippen molar-refractivity contribution < 1.29 is 22.3 Å². The Labute approximate surface area is 76.6 Å². The summed E-state index contributed by atoms with van der Waals surface area (Å²) in [6, 6.07) is 0. The van der Waals surface area contributed by atoms with Crippen molar-refractivity contribution in [2.45, 2.75) is 19.1 Å². The maximum Gasteiger partial charge on any atom is 0.294 e. The Morgan fingerprint density at radius 3 is 2.36 bits per heavy atom. The predicted octanol–water partition coefficient (Wildman–Crippen LogP) is 2.71. The lowest BCUT2D eigenvalue weighted by atomic mass is 10.2.